The minimum Gasteiger partial charge on any atom is -0.483 e. The summed E-state index contributed by atoms with van der Waals surface area (Å²) in [6.07, 6.45) is 1.54. The van der Waals surface area contributed by atoms with Crippen LogP contribution in [0.4, 0.5) is 29.1 Å². The number of carbonyl (C=O) groups excluding carboxylic acids is 2. The van der Waals surface area contributed by atoms with E-state index in [1.165, 1.54) is 29.1 Å². The number of nitrogens with zero attached hydrogens (tertiary/aromatic N) is 6. The zero-order valence-electron chi connectivity index (χ0n) is 25.0. The van der Waals surface area contributed by atoms with E-state index in [1.54, 1.807) is 19.9 Å². The Balaban J connectivity index is 0.00000160. The molecule has 1 aliphatic rings. The number of benzene rings is 1. The van der Waals surface area contributed by atoms with Crippen molar-refractivity contribution in [2.45, 2.75) is 51.5 Å². The number of amides is 2. The highest BCUT2D eigenvalue weighted by Crippen LogP contribution is 2.37. The molecule has 2 amide bonds. The summed E-state index contributed by atoms with van der Waals surface area (Å²) in [6, 6.07) is 3.93. The zero-order chi connectivity index (χ0) is 34.5. The number of alkyl halides is 3. The monoisotopic (exact) mass is 658 g/mol. The molecular weight excluding hydrogens is 628 g/mol. The predicted molar refractivity (Wildman–Crippen MR) is 159 cm³/mol. The maximum atomic E-state index is 15.2. The number of hydrogen-bond acceptors (Lipinski definition) is 9. The molecule has 1 aliphatic carbocycles. The maximum Gasteiger partial charge on any atom is 0.435 e. The molecule has 47 heavy (non-hydrogen) atoms. The third-order valence-electron chi connectivity index (χ3n) is 7.25. The third-order valence-corrected chi connectivity index (χ3v) is 7.25. The molecular formula is C29H30F4N10O4. The topological polar surface area (TPSA) is 205 Å². The third kappa shape index (κ3) is 7.81. The first-order valence-electron chi connectivity index (χ1n) is 14.1. The smallest absolute Gasteiger partial charge is 0.435 e. The Kier molecular flexibility index (Phi) is 10.4. The summed E-state index contributed by atoms with van der Waals surface area (Å²) in [5.41, 5.74) is 4.81. The molecule has 1 aromatic carbocycles. The van der Waals surface area contributed by atoms with Crippen LogP contribution in [0, 0.1) is 30.0 Å². The van der Waals surface area contributed by atoms with Crippen LogP contribution in [0.15, 0.2) is 36.9 Å². The van der Waals surface area contributed by atoms with Crippen LogP contribution in [0.3, 0.4) is 0 Å². The van der Waals surface area contributed by atoms with Crippen LogP contribution in [0.5, 0.6) is 0 Å². The van der Waals surface area contributed by atoms with Gasteiger partial charge in [0.15, 0.2) is 17.2 Å². The highest BCUT2D eigenvalue weighted by Gasteiger charge is 2.38. The van der Waals surface area contributed by atoms with Crippen LogP contribution in [-0.4, -0.2) is 66.2 Å². The first kappa shape index (κ1) is 34.3. The van der Waals surface area contributed by atoms with Crippen molar-refractivity contribution < 1.29 is 37.1 Å². The summed E-state index contributed by atoms with van der Waals surface area (Å²) in [7, 11) is 0. The van der Waals surface area contributed by atoms with Crippen molar-refractivity contribution >= 4 is 35.4 Å². The Bertz CT molecular complexity index is 1800. The van der Waals surface area contributed by atoms with Gasteiger partial charge in [-0.25, -0.2) is 14.4 Å². The highest BCUT2D eigenvalue weighted by molar-refractivity contribution is 5.96. The number of imidazole rings is 1. The fourth-order valence-corrected chi connectivity index (χ4v) is 5.04. The van der Waals surface area contributed by atoms with E-state index < -0.39 is 29.6 Å². The molecule has 0 radical (unpaired) electrons. The van der Waals surface area contributed by atoms with E-state index in [2.05, 4.69) is 31.0 Å². The van der Waals surface area contributed by atoms with Gasteiger partial charge < -0.3 is 26.8 Å². The molecule has 0 unspecified atom stereocenters. The van der Waals surface area contributed by atoms with Crippen LogP contribution in [0.2, 0.25) is 0 Å². The average Bonchev–Trinajstić information content (AvgIpc) is 3.59. The van der Waals surface area contributed by atoms with E-state index in [4.69, 9.17) is 20.9 Å². The van der Waals surface area contributed by atoms with Gasteiger partial charge in [-0.1, -0.05) is 0 Å². The van der Waals surface area contributed by atoms with Crippen LogP contribution in [0.25, 0.3) is 16.9 Å². The van der Waals surface area contributed by atoms with Gasteiger partial charge in [-0.15, -0.1) is 0 Å². The molecule has 1 saturated carbocycles. The molecule has 0 aliphatic heterocycles. The molecule has 248 valence electrons. The van der Waals surface area contributed by atoms with Crippen molar-refractivity contribution in [1.82, 2.24) is 34.8 Å². The molecule has 18 heteroatoms. The first-order valence-corrected chi connectivity index (χ1v) is 14.1. The van der Waals surface area contributed by atoms with Crippen LogP contribution in [-0.2, 0) is 22.3 Å². The van der Waals surface area contributed by atoms with Gasteiger partial charge in [0.05, 0.1) is 29.1 Å². The number of fused-ring (bicyclic) bond motifs is 1. The second kappa shape index (κ2) is 14.2. The van der Waals surface area contributed by atoms with Gasteiger partial charge in [-0.3, -0.25) is 23.5 Å². The number of anilines is 2. The molecule has 0 saturated heterocycles. The van der Waals surface area contributed by atoms with Crippen LogP contribution in [0.1, 0.15) is 41.4 Å². The molecule has 6 N–H and O–H groups in total. The van der Waals surface area contributed by atoms with E-state index in [1.807, 2.05) is 0 Å². The second-order valence-corrected chi connectivity index (χ2v) is 10.8. The standard InChI is InChI=1S/C28H28F4N10O2.CH2O2/c1-14-7-18(10-20(29)22(14)27(44)38-15(2)11-37-26(43)16-8-17(34)9-16)39-24-25-36-12-21(42(25)6-4-35-24)19-13-41(5-3-33)40-23(19)28(30,31)32;2-1-3/h4,6-7,10,12-13,15-17H,5,8-9,11,34H2,1-2H3,(H,35,39)(H,37,43)(H,38,44);1H,(H,2,3)/t15-,16?,17?;/m1./s1. The van der Waals surface area contributed by atoms with Gasteiger partial charge in [-0.05, 0) is 44.4 Å². The number of rotatable bonds is 9. The van der Waals surface area contributed by atoms with Crippen molar-refractivity contribution in [1.29, 1.82) is 5.26 Å². The summed E-state index contributed by atoms with van der Waals surface area (Å²) in [5.74, 6) is -1.62. The van der Waals surface area contributed by atoms with Crippen molar-refractivity contribution in [2.75, 3.05) is 11.9 Å². The van der Waals surface area contributed by atoms with Crippen LogP contribution < -0.4 is 21.7 Å². The quantitative estimate of drug-likeness (QED) is 0.131. The number of halogens is 4. The number of aryl methyl sites for hydroxylation is 1. The van der Waals surface area contributed by atoms with Gasteiger partial charge in [0, 0.05) is 48.8 Å². The van der Waals surface area contributed by atoms with Gasteiger partial charge in [0.25, 0.3) is 12.4 Å². The predicted octanol–water partition coefficient (Wildman–Crippen LogP) is 3.00. The molecule has 1 atom stereocenters. The molecule has 0 spiro atoms. The number of carboxylic acid groups (broad SMARTS) is 1. The Labute approximate surface area is 264 Å². The maximum absolute atomic E-state index is 15.2. The minimum absolute atomic E-state index is 0.0328. The van der Waals surface area contributed by atoms with Gasteiger partial charge >= 0.3 is 6.18 Å². The number of hydrogen-bond donors (Lipinski definition) is 5. The number of nitrogens with two attached hydrogens (primary N) is 1. The fraction of sp³-hybridized carbons (Fsp3) is 0.345. The van der Waals surface area contributed by atoms with E-state index in [-0.39, 0.29) is 71.4 Å². The van der Waals surface area contributed by atoms with Crippen molar-refractivity contribution in [3.05, 3.63) is 59.6 Å². The average molecular weight is 659 g/mol. The summed E-state index contributed by atoms with van der Waals surface area (Å²) < 4.78 is 58.7. The molecule has 14 nitrogen and oxygen atoms in total. The molecule has 3 heterocycles. The SMILES string of the molecule is Cc1cc(Nc2nccn3c(-c4cn(CC#N)nc4C(F)(F)F)cnc23)cc(F)c1C(=O)N[C@H](C)CNC(=O)C1CC(N)C1.O=CO. The Morgan fingerprint density at radius 2 is 1.98 bits per heavy atom. The van der Waals surface area contributed by atoms with Gasteiger partial charge in [-0.2, -0.15) is 23.5 Å². The number of carbonyl (C=O) groups is 3. The van der Waals surface area contributed by atoms with E-state index >= 15 is 4.39 Å². The largest absolute Gasteiger partial charge is 0.483 e. The Hall–Kier alpha value is -5.57. The summed E-state index contributed by atoms with van der Waals surface area (Å²) in [4.78, 5) is 41.8. The lowest BCUT2D eigenvalue weighted by Gasteiger charge is -2.31. The lowest BCUT2D eigenvalue weighted by Crippen LogP contribution is -2.48. The van der Waals surface area contributed by atoms with Crippen molar-refractivity contribution in [2.24, 2.45) is 11.7 Å². The molecule has 5 rings (SSSR count). The summed E-state index contributed by atoms with van der Waals surface area (Å²) >= 11 is 0. The van der Waals surface area contributed by atoms with E-state index in [9.17, 15) is 22.8 Å². The lowest BCUT2D eigenvalue weighted by molar-refractivity contribution is -0.141. The summed E-state index contributed by atoms with van der Waals surface area (Å²) in [6.45, 7) is 2.78. The number of aromatic nitrogens is 5. The van der Waals surface area contributed by atoms with Crippen LogP contribution >= 0.6 is 0 Å². The van der Waals surface area contributed by atoms with E-state index in [0.717, 1.165) is 16.9 Å². The highest BCUT2D eigenvalue weighted by atomic mass is 19.4. The summed E-state index contributed by atoms with van der Waals surface area (Å²) in [5, 5.41) is 27.7. The zero-order valence-corrected chi connectivity index (χ0v) is 25.0. The number of nitrogens with one attached hydrogen (secondary N) is 3. The molecule has 4 aromatic rings. The van der Waals surface area contributed by atoms with Gasteiger partial charge in [0.1, 0.15) is 12.4 Å². The Morgan fingerprint density at radius 3 is 2.60 bits per heavy atom. The minimum atomic E-state index is -4.78. The lowest BCUT2D eigenvalue weighted by atomic mass is 9.80. The normalized spacial score (nSPS) is 16.2. The molecule has 3 aromatic heterocycles. The second-order valence-electron chi connectivity index (χ2n) is 10.8. The molecule has 0 bridgehead atoms. The molecule has 1 fully saturated rings. The van der Waals surface area contributed by atoms with Crippen molar-refractivity contribution in [3.63, 3.8) is 0 Å². The first-order chi connectivity index (χ1) is 22.3. The van der Waals surface area contributed by atoms with E-state index in [0.29, 0.717) is 18.4 Å². The van der Waals surface area contributed by atoms with Gasteiger partial charge in [0.2, 0.25) is 5.91 Å². The van der Waals surface area contributed by atoms with Crippen molar-refractivity contribution in [3.8, 4) is 17.3 Å². The number of nitriles is 1. The fourth-order valence-electron chi connectivity index (χ4n) is 5.04. The Morgan fingerprint density at radius 1 is 1.28 bits per heavy atom.